The van der Waals surface area contributed by atoms with E-state index < -0.39 is 10.8 Å². The average molecular weight is 280 g/mol. The number of anilines is 1. The summed E-state index contributed by atoms with van der Waals surface area (Å²) in [6.07, 6.45) is 0. The van der Waals surface area contributed by atoms with Gasteiger partial charge in [0.05, 0.1) is 26.5 Å². The van der Waals surface area contributed by atoms with E-state index in [0.29, 0.717) is 21.4 Å². The Labute approximate surface area is 114 Å². The van der Waals surface area contributed by atoms with Crippen LogP contribution in [0.3, 0.4) is 0 Å². The summed E-state index contributed by atoms with van der Waals surface area (Å²) in [7, 11) is -1.15. The van der Waals surface area contributed by atoms with Crippen LogP contribution in [-0.2, 0) is 16.6 Å². The van der Waals surface area contributed by atoms with Gasteiger partial charge >= 0.3 is 0 Å². The summed E-state index contributed by atoms with van der Waals surface area (Å²) in [6.45, 7) is 2.02. The van der Waals surface area contributed by atoms with Gasteiger partial charge < -0.3 is 5.73 Å². The third kappa shape index (κ3) is 3.12. The number of hydrogen-bond donors (Lipinski definition) is 1. The zero-order valence-electron chi connectivity index (χ0n) is 10.0. The molecular weight excluding hydrogens is 266 g/mol. The third-order valence-electron chi connectivity index (χ3n) is 2.58. The van der Waals surface area contributed by atoms with Crippen LogP contribution in [0.5, 0.6) is 0 Å². The summed E-state index contributed by atoms with van der Waals surface area (Å²) in [5, 5.41) is 0.459. The van der Waals surface area contributed by atoms with Crippen LogP contribution < -0.4 is 5.73 Å². The summed E-state index contributed by atoms with van der Waals surface area (Å²) < 4.78 is 12.2. The predicted octanol–water partition coefficient (Wildman–Crippen LogP) is 3.54. The molecule has 1 atom stereocenters. The predicted molar refractivity (Wildman–Crippen MR) is 77.2 cm³/mol. The molecule has 0 spiro atoms. The van der Waals surface area contributed by atoms with Crippen LogP contribution in [0.15, 0.2) is 47.4 Å². The van der Waals surface area contributed by atoms with Crippen molar-refractivity contribution in [2.75, 3.05) is 5.73 Å². The molecule has 0 amide bonds. The quantitative estimate of drug-likeness (QED) is 0.874. The van der Waals surface area contributed by atoms with Crippen molar-refractivity contribution in [2.45, 2.75) is 17.6 Å². The molecule has 2 rings (SSSR count). The Morgan fingerprint density at radius 3 is 2.67 bits per heavy atom. The number of nitrogens with two attached hydrogens (primary N) is 1. The number of hydrogen-bond acceptors (Lipinski definition) is 2. The first-order valence-electron chi connectivity index (χ1n) is 5.55. The molecule has 0 bridgehead atoms. The number of nitrogen functional groups attached to an aromatic ring is 1. The van der Waals surface area contributed by atoms with Crippen molar-refractivity contribution in [1.29, 1.82) is 0 Å². The summed E-state index contributed by atoms with van der Waals surface area (Å²) in [5.41, 5.74) is 8.40. The van der Waals surface area contributed by atoms with Crippen LogP contribution in [0, 0.1) is 6.92 Å². The van der Waals surface area contributed by atoms with Crippen molar-refractivity contribution in [3.8, 4) is 0 Å². The normalized spacial score (nSPS) is 12.3. The molecule has 0 aliphatic heterocycles. The second kappa shape index (κ2) is 5.55. The van der Waals surface area contributed by atoms with E-state index in [1.54, 1.807) is 18.2 Å². The van der Waals surface area contributed by atoms with E-state index in [9.17, 15) is 4.21 Å². The van der Waals surface area contributed by atoms with Crippen molar-refractivity contribution >= 4 is 28.1 Å². The molecule has 0 saturated carbocycles. The van der Waals surface area contributed by atoms with Crippen LogP contribution in [0.1, 0.15) is 11.1 Å². The summed E-state index contributed by atoms with van der Waals surface area (Å²) >= 11 is 6.05. The maximum absolute atomic E-state index is 12.2. The van der Waals surface area contributed by atoms with Crippen molar-refractivity contribution in [1.82, 2.24) is 0 Å². The minimum Gasteiger partial charge on any atom is -0.399 e. The Bertz CT molecular complexity index is 598. The summed E-state index contributed by atoms with van der Waals surface area (Å²) in [5.74, 6) is 0.464. The zero-order valence-corrected chi connectivity index (χ0v) is 11.6. The summed E-state index contributed by atoms with van der Waals surface area (Å²) in [4.78, 5) is 0.632. The Morgan fingerprint density at radius 1 is 1.22 bits per heavy atom. The molecule has 18 heavy (non-hydrogen) atoms. The molecule has 0 aliphatic rings. The molecule has 1 unspecified atom stereocenters. The maximum Gasteiger partial charge on any atom is 0.0589 e. The van der Waals surface area contributed by atoms with Crippen LogP contribution in [0.25, 0.3) is 0 Å². The van der Waals surface area contributed by atoms with E-state index in [4.69, 9.17) is 17.3 Å². The monoisotopic (exact) mass is 279 g/mol. The van der Waals surface area contributed by atoms with Crippen molar-refractivity contribution < 1.29 is 4.21 Å². The fourth-order valence-corrected chi connectivity index (χ4v) is 3.31. The second-order valence-corrected chi connectivity index (χ2v) is 6.00. The molecule has 0 heterocycles. The van der Waals surface area contributed by atoms with E-state index in [1.807, 2.05) is 31.2 Å². The molecule has 2 N–H and O–H groups in total. The molecule has 0 aliphatic carbocycles. The highest BCUT2D eigenvalue weighted by Gasteiger charge is 2.09. The number of rotatable bonds is 3. The van der Waals surface area contributed by atoms with E-state index in [2.05, 4.69) is 0 Å². The Kier molecular flexibility index (Phi) is 4.04. The van der Waals surface area contributed by atoms with Gasteiger partial charge in [0.2, 0.25) is 0 Å². The van der Waals surface area contributed by atoms with Gasteiger partial charge in [0, 0.05) is 5.69 Å². The Morgan fingerprint density at radius 2 is 2.00 bits per heavy atom. The van der Waals surface area contributed by atoms with E-state index >= 15 is 0 Å². The fourth-order valence-electron chi connectivity index (χ4n) is 1.73. The lowest BCUT2D eigenvalue weighted by Gasteiger charge is -2.06. The van der Waals surface area contributed by atoms with E-state index in [0.717, 1.165) is 11.1 Å². The summed E-state index contributed by atoms with van der Waals surface area (Å²) in [6, 6.07) is 13.1. The average Bonchev–Trinajstić information content (AvgIpc) is 2.28. The van der Waals surface area contributed by atoms with Crippen LogP contribution in [-0.4, -0.2) is 4.21 Å². The molecule has 0 radical (unpaired) electrons. The van der Waals surface area contributed by atoms with Gasteiger partial charge in [-0.1, -0.05) is 41.4 Å². The molecular formula is C14H14ClNOS. The molecule has 2 nitrogen and oxygen atoms in total. The standard InChI is InChI=1S/C14H14ClNOS/c1-10-3-2-4-11(7-10)9-18(17)14-6-5-12(16)8-13(14)15/h2-8H,9,16H2,1H3. The van der Waals surface area contributed by atoms with Gasteiger partial charge in [-0.15, -0.1) is 0 Å². The lowest BCUT2D eigenvalue weighted by atomic mass is 10.2. The van der Waals surface area contributed by atoms with Gasteiger partial charge in [-0.25, -0.2) is 0 Å². The zero-order chi connectivity index (χ0) is 13.1. The highest BCUT2D eigenvalue weighted by Crippen LogP contribution is 2.24. The smallest absolute Gasteiger partial charge is 0.0589 e. The van der Waals surface area contributed by atoms with Gasteiger partial charge in [-0.05, 0) is 30.7 Å². The minimum atomic E-state index is -1.15. The minimum absolute atomic E-state index is 0.459. The Balaban J connectivity index is 2.22. The molecule has 2 aromatic rings. The molecule has 2 aromatic carbocycles. The van der Waals surface area contributed by atoms with Gasteiger partial charge in [0.1, 0.15) is 0 Å². The SMILES string of the molecule is Cc1cccc(CS(=O)c2ccc(N)cc2Cl)c1. The van der Waals surface area contributed by atoms with Crippen LogP contribution >= 0.6 is 11.6 Å². The second-order valence-electron chi connectivity index (χ2n) is 4.17. The largest absolute Gasteiger partial charge is 0.399 e. The maximum atomic E-state index is 12.2. The van der Waals surface area contributed by atoms with Gasteiger partial charge in [-0.3, -0.25) is 4.21 Å². The molecule has 0 fully saturated rings. The van der Waals surface area contributed by atoms with Crippen LogP contribution in [0.2, 0.25) is 5.02 Å². The van der Waals surface area contributed by atoms with Crippen molar-refractivity contribution in [2.24, 2.45) is 0 Å². The molecule has 94 valence electrons. The van der Waals surface area contributed by atoms with E-state index in [1.165, 1.54) is 0 Å². The highest BCUT2D eigenvalue weighted by atomic mass is 35.5. The van der Waals surface area contributed by atoms with Gasteiger partial charge in [0.15, 0.2) is 0 Å². The number of halogens is 1. The first-order chi connectivity index (χ1) is 8.56. The van der Waals surface area contributed by atoms with Crippen molar-refractivity contribution in [3.05, 3.63) is 58.6 Å². The van der Waals surface area contributed by atoms with Gasteiger partial charge in [-0.2, -0.15) is 0 Å². The molecule has 0 saturated heterocycles. The van der Waals surface area contributed by atoms with Crippen molar-refractivity contribution in [3.63, 3.8) is 0 Å². The molecule has 0 aromatic heterocycles. The number of aryl methyl sites for hydroxylation is 1. The lowest BCUT2D eigenvalue weighted by Crippen LogP contribution is -1.98. The fraction of sp³-hybridized carbons (Fsp3) is 0.143. The lowest BCUT2D eigenvalue weighted by molar-refractivity contribution is 0.682. The third-order valence-corrected chi connectivity index (χ3v) is 4.45. The van der Waals surface area contributed by atoms with Gasteiger partial charge in [0.25, 0.3) is 0 Å². The molecule has 4 heteroatoms. The first kappa shape index (κ1) is 13.1. The first-order valence-corrected chi connectivity index (χ1v) is 7.25. The topological polar surface area (TPSA) is 43.1 Å². The Hall–Kier alpha value is -1.32. The van der Waals surface area contributed by atoms with Crippen LogP contribution in [0.4, 0.5) is 5.69 Å². The number of benzene rings is 2. The van der Waals surface area contributed by atoms with E-state index in [-0.39, 0.29) is 0 Å². The highest BCUT2D eigenvalue weighted by molar-refractivity contribution is 7.84.